The Morgan fingerprint density at radius 2 is 1.15 bits per heavy atom. The van der Waals surface area contributed by atoms with E-state index in [1.165, 1.54) is 103 Å². The highest BCUT2D eigenvalue weighted by molar-refractivity contribution is 5.78. The smallest absolute Gasteiger partial charge is 0.313 e. The van der Waals surface area contributed by atoms with E-state index in [0.717, 1.165) is 25.7 Å². The molecule has 202 valence electrons. The molecular formula is C30H58O4. The number of carbonyl (C=O) groups excluding carboxylic acids is 2. The highest BCUT2D eigenvalue weighted by Gasteiger charge is 2.42. The van der Waals surface area contributed by atoms with Crippen molar-refractivity contribution < 1.29 is 19.1 Å². The average Bonchev–Trinajstić information content (AvgIpc) is 2.83. The van der Waals surface area contributed by atoms with Crippen LogP contribution in [-0.4, -0.2) is 24.6 Å². The summed E-state index contributed by atoms with van der Waals surface area (Å²) in [7, 11) is 0. The van der Waals surface area contributed by atoms with Crippen LogP contribution in [0.15, 0.2) is 0 Å². The number of hydrogen-bond acceptors (Lipinski definition) is 4. The van der Waals surface area contributed by atoms with Gasteiger partial charge in [-0.2, -0.15) is 0 Å². The van der Waals surface area contributed by atoms with Crippen molar-refractivity contribution in [3.8, 4) is 0 Å². The average molecular weight is 483 g/mol. The summed E-state index contributed by atoms with van der Waals surface area (Å²) in [5.74, 6) is -0.0489. The molecule has 0 amide bonds. The van der Waals surface area contributed by atoms with E-state index >= 15 is 0 Å². The topological polar surface area (TPSA) is 52.6 Å². The van der Waals surface area contributed by atoms with E-state index in [0.29, 0.717) is 12.9 Å². The van der Waals surface area contributed by atoms with Crippen molar-refractivity contribution >= 4 is 12.4 Å². The number of unbranched alkanes of at least 4 members (excludes halogenated alkanes) is 15. The molecule has 4 heteroatoms. The monoisotopic (exact) mass is 482 g/mol. The van der Waals surface area contributed by atoms with Gasteiger partial charge >= 0.3 is 5.97 Å². The molecule has 1 aliphatic rings. The third kappa shape index (κ3) is 18.3. The molecule has 0 N–H and O–H groups in total. The van der Waals surface area contributed by atoms with Crippen molar-refractivity contribution in [2.24, 2.45) is 5.92 Å². The van der Waals surface area contributed by atoms with Crippen LogP contribution in [0.25, 0.3) is 0 Å². The molecule has 1 rings (SSSR count). The maximum atomic E-state index is 11.7. The van der Waals surface area contributed by atoms with Gasteiger partial charge in [-0.05, 0) is 19.3 Å². The zero-order valence-electron chi connectivity index (χ0n) is 23.3. The number of cyclic esters (lactones) is 1. The van der Waals surface area contributed by atoms with Crippen molar-refractivity contribution in [3.05, 3.63) is 0 Å². The van der Waals surface area contributed by atoms with Crippen LogP contribution in [0.5, 0.6) is 0 Å². The van der Waals surface area contributed by atoms with E-state index in [2.05, 4.69) is 27.7 Å². The van der Waals surface area contributed by atoms with Gasteiger partial charge in [0, 0.05) is 6.42 Å². The maximum Gasteiger partial charge on any atom is 0.313 e. The number of hydrogen-bond donors (Lipinski definition) is 0. The quantitative estimate of drug-likeness (QED) is 0.0826. The van der Waals surface area contributed by atoms with Crippen LogP contribution in [0.1, 0.15) is 163 Å². The molecule has 1 heterocycles. The van der Waals surface area contributed by atoms with E-state index in [1.54, 1.807) is 0 Å². The van der Waals surface area contributed by atoms with Gasteiger partial charge in [-0.3, -0.25) is 9.59 Å². The summed E-state index contributed by atoms with van der Waals surface area (Å²) in [4.78, 5) is 22.6. The Morgan fingerprint density at radius 1 is 0.706 bits per heavy atom. The lowest BCUT2D eigenvalue weighted by Gasteiger charge is -2.37. The molecule has 4 nitrogen and oxygen atoms in total. The summed E-state index contributed by atoms with van der Waals surface area (Å²) in [6.45, 7) is 9.48. The summed E-state index contributed by atoms with van der Waals surface area (Å²) < 4.78 is 10.6. The molecule has 0 aliphatic carbocycles. The van der Waals surface area contributed by atoms with E-state index in [9.17, 15) is 9.59 Å². The molecular weight excluding hydrogens is 424 g/mol. The third-order valence-electron chi connectivity index (χ3n) is 6.97. The SMILES string of the molecule is CCCCCCC.CCCCCCCCCCCC(C[C@@H]1OC(=O)[C@H]1CCCCCC)OC=O. The minimum atomic E-state index is -0.108. The van der Waals surface area contributed by atoms with Crippen molar-refractivity contribution in [3.63, 3.8) is 0 Å². The number of ether oxygens (including phenoxy) is 2. The Hall–Kier alpha value is -1.06. The Kier molecular flexibility index (Phi) is 24.3. The zero-order chi connectivity index (χ0) is 25.3. The molecule has 1 saturated heterocycles. The van der Waals surface area contributed by atoms with E-state index < -0.39 is 0 Å². The second-order valence-electron chi connectivity index (χ2n) is 10.2. The first-order valence-corrected chi connectivity index (χ1v) is 14.9. The standard InChI is InChI=1S/C23H42O4.C7H16/c1-3-5-7-9-10-11-12-13-14-16-20(26-19-24)18-22-21(23(25)27-22)17-15-8-6-4-2;1-3-5-7-6-4-2/h19-22H,3-18H2,1-2H3;3-7H2,1-2H3/t20?,21-,22-;/m0./s1. The van der Waals surface area contributed by atoms with Crippen LogP contribution < -0.4 is 0 Å². The van der Waals surface area contributed by atoms with Crippen molar-refractivity contribution in [1.82, 2.24) is 0 Å². The minimum Gasteiger partial charge on any atom is -0.464 e. The molecule has 0 aromatic rings. The lowest BCUT2D eigenvalue weighted by Crippen LogP contribution is -2.47. The summed E-state index contributed by atoms with van der Waals surface area (Å²) >= 11 is 0. The zero-order valence-corrected chi connectivity index (χ0v) is 23.3. The first-order chi connectivity index (χ1) is 16.6. The third-order valence-corrected chi connectivity index (χ3v) is 6.97. The van der Waals surface area contributed by atoms with Gasteiger partial charge in [0.15, 0.2) is 0 Å². The summed E-state index contributed by atoms with van der Waals surface area (Å²) in [5, 5.41) is 0. The molecule has 34 heavy (non-hydrogen) atoms. The predicted molar refractivity (Wildman–Crippen MR) is 144 cm³/mol. The first kappa shape index (κ1) is 32.9. The van der Waals surface area contributed by atoms with Crippen molar-refractivity contribution in [1.29, 1.82) is 0 Å². The van der Waals surface area contributed by atoms with Gasteiger partial charge in [-0.1, -0.05) is 137 Å². The van der Waals surface area contributed by atoms with Gasteiger partial charge in [-0.25, -0.2) is 0 Å². The van der Waals surface area contributed by atoms with Crippen LogP contribution in [0, 0.1) is 5.92 Å². The molecule has 1 unspecified atom stereocenters. The highest BCUT2D eigenvalue weighted by atomic mass is 16.6. The van der Waals surface area contributed by atoms with E-state index in [-0.39, 0.29) is 24.1 Å². The first-order valence-electron chi connectivity index (χ1n) is 14.9. The molecule has 3 atom stereocenters. The van der Waals surface area contributed by atoms with Crippen LogP contribution in [0.4, 0.5) is 0 Å². The fourth-order valence-corrected chi connectivity index (χ4v) is 4.64. The van der Waals surface area contributed by atoms with Crippen molar-refractivity contribution in [2.75, 3.05) is 0 Å². The molecule has 0 bridgehead atoms. The Labute approximate surface area is 212 Å². The van der Waals surface area contributed by atoms with Gasteiger partial charge in [0.25, 0.3) is 6.47 Å². The maximum absolute atomic E-state index is 11.7. The van der Waals surface area contributed by atoms with Crippen LogP contribution in [0.2, 0.25) is 0 Å². The largest absolute Gasteiger partial charge is 0.464 e. The summed E-state index contributed by atoms with van der Waals surface area (Å²) in [5.41, 5.74) is 0. The molecule has 0 aromatic heterocycles. The number of carbonyl (C=O) groups is 2. The lowest BCUT2D eigenvalue weighted by molar-refractivity contribution is -0.189. The molecule has 0 saturated carbocycles. The molecule has 0 spiro atoms. The molecule has 0 aromatic carbocycles. The van der Waals surface area contributed by atoms with Crippen molar-refractivity contribution in [2.45, 2.75) is 175 Å². The summed E-state index contributed by atoms with van der Waals surface area (Å²) in [6, 6.07) is 0. The highest BCUT2D eigenvalue weighted by Crippen LogP contribution is 2.32. The van der Waals surface area contributed by atoms with Crippen LogP contribution >= 0.6 is 0 Å². The van der Waals surface area contributed by atoms with E-state index in [4.69, 9.17) is 9.47 Å². The van der Waals surface area contributed by atoms with Gasteiger partial charge in [0.1, 0.15) is 12.2 Å². The van der Waals surface area contributed by atoms with Crippen LogP contribution in [-0.2, 0) is 19.1 Å². The molecule has 1 fully saturated rings. The predicted octanol–water partition coefficient (Wildman–Crippen LogP) is 9.33. The second-order valence-corrected chi connectivity index (χ2v) is 10.2. The fraction of sp³-hybridized carbons (Fsp3) is 0.933. The lowest BCUT2D eigenvalue weighted by atomic mass is 9.86. The molecule has 0 radical (unpaired) electrons. The molecule has 1 aliphatic heterocycles. The van der Waals surface area contributed by atoms with Crippen LogP contribution in [0.3, 0.4) is 0 Å². The number of esters is 1. The van der Waals surface area contributed by atoms with Gasteiger partial charge in [-0.15, -0.1) is 0 Å². The van der Waals surface area contributed by atoms with Gasteiger partial charge in [0.2, 0.25) is 0 Å². The second kappa shape index (κ2) is 25.0. The van der Waals surface area contributed by atoms with Gasteiger partial charge in [0.05, 0.1) is 5.92 Å². The Bertz CT molecular complexity index is 447. The minimum absolute atomic E-state index is 0.0164. The number of rotatable bonds is 23. The Morgan fingerprint density at radius 3 is 1.62 bits per heavy atom. The normalized spacial score (nSPS) is 17.8. The van der Waals surface area contributed by atoms with Gasteiger partial charge < -0.3 is 9.47 Å². The fourth-order valence-electron chi connectivity index (χ4n) is 4.64. The van der Waals surface area contributed by atoms with E-state index in [1.807, 2.05) is 0 Å². The Balaban J connectivity index is 0.00000135. The summed E-state index contributed by atoms with van der Waals surface area (Å²) in [6.07, 6.45) is 25.6.